The van der Waals surface area contributed by atoms with Gasteiger partial charge in [0.25, 0.3) is 0 Å². The predicted octanol–water partition coefficient (Wildman–Crippen LogP) is 3.38. The van der Waals surface area contributed by atoms with Gasteiger partial charge in [-0.1, -0.05) is 29.8 Å². The van der Waals surface area contributed by atoms with E-state index in [-0.39, 0.29) is 5.92 Å². The third-order valence-corrected chi connectivity index (χ3v) is 3.24. The first kappa shape index (κ1) is 16.5. The topological polar surface area (TPSA) is 78.4 Å². The number of carbonyl (C=O) groups excluding carboxylic acids is 1. The molecule has 3 N–H and O–H groups in total. The van der Waals surface area contributed by atoms with Crippen molar-refractivity contribution in [3.05, 3.63) is 28.2 Å². The van der Waals surface area contributed by atoms with Gasteiger partial charge in [0.15, 0.2) is 0 Å². The van der Waals surface area contributed by atoms with E-state index in [1.54, 1.807) is 6.07 Å². The molecule has 20 heavy (non-hydrogen) atoms. The second-order valence-electron chi connectivity index (χ2n) is 5.08. The molecule has 1 aromatic rings. The quantitative estimate of drug-likeness (QED) is 0.767. The van der Waals surface area contributed by atoms with E-state index in [2.05, 4.69) is 26.6 Å². The van der Waals surface area contributed by atoms with Crippen LogP contribution in [-0.2, 0) is 4.79 Å². The van der Waals surface area contributed by atoms with Crippen LogP contribution < -0.4 is 10.6 Å². The molecule has 110 valence electrons. The molecule has 0 fully saturated rings. The van der Waals surface area contributed by atoms with Gasteiger partial charge < -0.3 is 15.7 Å². The number of benzene rings is 1. The minimum absolute atomic E-state index is 0.186. The fourth-order valence-electron chi connectivity index (χ4n) is 1.78. The van der Waals surface area contributed by atoms with Crippen molar-refractivity contribution in [2.45, 2.75) is 33.2 Å². The number of nitrogens with one attached hydrogen (secondary N) is 2. The molecule has 0 bridgehead atoms. The Labute approximate surface area is 126 Å². The van der Waals surface area contributed by atoms with Gasteiger partial charge in [-0.05, 0) is 43.0 Å². The molecular formula is C14H19BrN2O3. The number of aryl methyl sites for hydroxylation is 1. The molecule has 0 heterocycles. The number of carbonyl (C=O) groups is 2. The molecule has 1 atom stereocenters. The highest BCUT2D eigenvalue weighted by Gasteiger charge is 2.21. The number of carboxylic acid groups (broad SMARTS) is 1. The van der Waals surface area contributed by atoms with Crippen LogP contribution in [0.4, 0.5) is 10.5 Å². The van der Waals surface area contributed by atoms with Gasteiger partial charge in [0.05, 0.1) is 0 Å². The average Bonchev–Trinajstić information content (AvgIpc) is 2.31. The molecule has 0 aliphatic rings. The maximum Gasteiger partial charge on any atom is 0.326 e. The average molecular weight is 343 g/mol. The molecule has 0 spiro atoms. The van der Waals surface area contributed by atoms with E-state index in [0.29, 0.717) is 12.1 Å². The lowest BCUT2D eigenvalue weighted by molar-refractivity contribution is -0.139. The molecular weight excluding hydrogens is 324 g/mol. The maximum absolute atomic E-state index is 11.8. The normalized spacial score (nSPS) is 12.1. The van der Waals surface area contributed by atoms with Gasteiger partial charge in [-0.3, -0.25) is 0 Å². The van der Waals surface area contributed by atoms with Gasteiger partial charge in [0.2, 0.25) is 0 Å². The molecule has 6 heteroatoms. The second kappa shape index (κ2) is 7.28. The zero-order valence-electron chi connectivity index (χ0n) is 11.7. The number of rotatable bonds is 5. The van der Waals surface area contributed by atoms with Crippen LogP contribution in [0, 0.1) is 12.8 Å². The fraction of sp³-hybridized carbons (Fsp3) is 0.429. The Bertz CT molecular complexity index is 503. The van der Waals surface area contributed by atoms with Crippen LogP contribution in [0.15, 0.2) is 22.7 Å². The highest BCUT2D eigenvalue weighted by Crippen LogP contribution is 2.19. The maximum atomic E-state index is 11.8. The fourth-order valence-corrected chi connectivity index (χ4v) is 2.25. The Kier molecular flexibility index (Phi) is 6.01. The number of amides is 2. The lowest BCUT2D eigenvalue weighted by atomic mass is 10.0. The molecule has 0 aliphatic carbocycles. The third-order valence-electron chi connectivity index (χ3n) is 2.75. The van der Waals surface area contributed by atoms with Crippen molar-refractivity contribution in [3.63, 3.8) is 0 Å². The van der Waals surface area contributed by atoms with E-state index in [4.69, 9.17) is 5.11 Å². The highest BCUT2D eigenvalue weighted by atomic mass is 79.9. The smallest absolute Gasteiger partial charge is 0.326 e. The number of halogens is 1. The summed E-state index contributed by atoms with van der Waals surface area (Å²) >= 11 is 3.34. The van der Waals surface area contributed by atoms with E-state index in [1.165, 1.54) is 0 Å². The first-order valence-corrected chi connectivity index (χ1v) is 7.15. The summed E-state index contributed by atoms with van der Waals surface area (Å²) in [6, 6.07) is 4.05. The first-order valence-electron chi connectivity index (χ1n) is 6.36. The second-order valence-corrected chi connectivity index (χ2v) is 5.99. The van der Waals surface area contributed by atoms with Crippen molar-refractivity contribution < 1.29 is 14.7 Å². The van der Waals surface area contributed by atoms with Gasteiger partial charge in [0.1, 0.15) is 6.04 Å². The summed E-state index contributed by atoms with van der Waals surface area (Å²) in [5.41, 5.74) is 1.55. The number of hydrogen-bond acceptors (Lipinski definition) is 2. The Morgan fingerprint density at radius 1 is 1.35 bits per heavy atom. The van der Waals surface area contributed by atoms with E-state index >= 15 is 0 Å². The number of urea groups is 1. The molecule has 0 saturated heterocycles. The lowest BCUT2D eigenvalue weighted by Gasteiger charge is -2.17. The summed E-state index contributed by atoms with van der Waals surface area (Å²) < 4.78 is 0.921. The number of hydrogen-bond donors (Lipinski definition) is 3. The molecule has 1 aromatic carbocycles. The Morgan fingerprint density at radius 3 is 2.50 bits per heavy atom. The standard InChI is InChI=1S/C14H19BrN2O3/c1-8(2)6-12(13(18)19)17-14(20)16-11-5-4-10(15)7-9(11)3/h4-5,7-8,12H,6H2,1-3H3,(H,18,19)(H2,16,17,20)/t12-/m1/s1. The minimum atomic E-state index is -1.03. The van der Waals surface area contributed by atoms with Crippen molar-refractivity contribution in [2.75, 3.05) is 5.32 Å². The minimum Gasteiger partial charge on any atom is -0.480 e. The summed E-state index contributed by atoms with van der Waals surface area (Å²) in [7, 11) is 0. The van der Waals surface area contributed by atoms with E-state index in [0.717, 1.165) is 10.0 Å². The molecule has 0 saturated carbocycles. The number of anilines is 1. The van der Waals surface area contributed by atoms with Gasteiger partial charge in [-0.15, -0.1) is 0 Å². The monoisotopic (exact) mass is 342 g/mol. The molecule has 5 nitrogen and oxygen atoms in total. The van der Waals surface area contributed by atoms with Gasteiger partial charge >= 0.3 is 12.0 Å². The first-order chi connectivity index (χ1) is 9.29. The van der Waals surface area contributed by atoms with Crippen LogP contribution in [0.2, 0.25) is 0 Å². The third kappa shape index (κ3) is 5.21. The van der Waals surface area contributed by atoms with E-state index < -0.39 is 18.0 Å². The molecule has 0 radical (unpaired) electrons. The largest absolute Gasteiger partial charge is 0.480 e. The zero-order chi connectivity index (χ0) is 15.3. The summed E-state index contributed by atoms with van der Waals surface area (Å²) in [5.74, 6) is -0.841. The van der Waals surface area contributed by atoms with Crippen LogP contribution in [0.3, 0.4) is 0 Å². The van der Waals surface area contributed by atoms with Crippen LogP contribution in [0.25, 0.3) is 0 Å². The summed E-state index contributed by atoms with van der Waals surface area (Å²) in [5, 5.41) is 14.2. The van der Waals surface area contributed by atoms with Crippen LogP contribution in [-0.4, -0.2) is 23.1 Å². The highest BCUT2D eigenvalue weighted by molar-refractivity contribution is 9.10. The summed E-state index contributed by atoms with van der Waals surface area (Å²) in [4.78, 5) is 22.9. The zero-order valence-corrected chi connectivity index (χ0v) is 13.3. The number of aliphatic carboxylic acids is 1. The predicted molar refractivity (Wildman–Crippen MR) is 81.9 cm³/mol. The molecule has 0 aromatic heterocycles. The van der Waals surface area contributed by atoms with Crippen LogP contribution in [0.5, 0.6) is 0 Å². The van der Waals surface area contributed by atoms with Crippen molar-refractivity contribution in [1.82, 2.24) is 5.32 Å². The van der Waals surface area contributed by atoms with E-state index in [9.17, 15) is 9.59 Å². The van der Waals surface area contributed by atoms with Crippen LogP contribution >= 0.6 is 15.9 Å². The van der Waals surface area contributed by atoms with Crippen LogP contribution in [0.1, 0.15) is 25.8 Å². The summed E-state index contributed by atoms with van der Waals surface area (Å²) in [6.07, 6.45) is 0.391. The van der Waals surface area contributed by atoms with E-state index in [1.807, 2.05) is 32.9 Å². The Hall–Kier alpha value is -1.56. The molecule has 2 amide bonds. The van der Waals surface area contributed by atoms with Gasteiger partial charge in [-0.25, -0.2) is 9.59 Å². The Morgan fingerprint density at radius 2 is 2.00 bits per heavy atom. The lowest BCUT2D eigenvalue weighted by Crippen LogP contribution is -2.43. The van der Waals surface area contributed by atoms with Gasteiger partial charge in [0, 0.05) is 10.2 Å². The molecule has 1 rings (SSSR count). The van der Waals surface area contributed by atoms with Crippen molar-refractivity contribution in [3.8, 4) is 0 Å². The molecule has 0 unspecified atom stereocenters. The number of carboxylic acids is 1. The van der Waals surface area contributed by atoms with Gasteiger partial charge in [-0.2, -0.15) is 0 Å². The summed E-state index contributed by atoms with van der Waals surface area (Å²) in [6.45, 7) is 5.69. The Balaban J connectivity index is 2.68. The van der Waals surface area contributed by atoms with Crippen molar-refractivity contribution >= 4 is 33.6 Å². The van der Waals surface area contributed by atoms with Crippen molar-refractivity contribution in [2.24, 2.45) is 5.92 Å². The van der Waals surface area contributed by atoms with Crippen molar-refractivity contribution in [1.29, 1.82) is 0 Å². The SMILES string of the molecule is Cc1cc(Br)ccc1NC(=O)N[C@H](CC(C)C)C(=O)O. The molecule has 0 aliphatic heterocycles.